The minimum Gasteiger partial charge on any atom is -0.505 e. The second-order valence-electron chi connectivity index (χ2n) is 2.88. The molecule has 1 aromatic heterocycles. The summed E-state index contributed by atoms with van der Waals surface area (Å²) >= 11 is 0. The van der Waals surface area contributed by atoms with Crippen molar-refractivity contribution in [2.24, 2.45) is 0 Å². The van der Waals surface area contributed by atoms with Crippen LogP contribution >= 0.6 is 0 Å². The summed E-state index contributed by atoms with van der Waals surface area (Å²) in [6, 6.07) is 5.32. The third-order valence-corrected chi connectivity index (χ3v) is 1.94. The zero-order chi connectivity index (χ0) is 11.0. The van der Waals surface area contributed by atoms with E-state index in [4.69, 9.17) is 10.4 Å². The molecular formula is C10H4FNO3. The molecule has 0 aliphatic carbocycles. The van der Waals surface area contributed by atoms with E-state index in [1.165, 1.54) is 12.1 Å². The number of hydrogen-bond donors (Lipinski definition) is 1. The Morgan fingerprint density at radius 2 is 2.20 bits per heavy atom. The third-order valence-electron chi connectivity index (χ3n) is 1.94. The molecule has 1 aromatic carbocycles. The monoisotopic (exact) mass is 205 g/mol. The predicted molar refractivity (Wildman–Crippen MR) is 48.8 cm³/mol. The van der Waals surface area contributed by atoms with Crippen LogP contribution in [-0.2, 0) is 0 Å². The maximum atomic E-state index is 13.2. The van der Waals surface area contributed by atoms with Crippen LogP contribution in [0.3, 0.4) is 0 Å². The lowest BCUT2D eigenvalue weighted by molar-refractivity contribution is 0.425. The summed E-state index contributed by atoms with van der Waals surface area (Å²) in [5.74, 6) is -1.61. The number of phenols is 1. The van der Waals surface area contributed by atoms with Gasteiger partial charge in [0.25, 0.3) is 0 Å². The van der Waals surface area contributed by atoms with E-state index in [0.29, 0.717) is 0 Å². The van der Waals surface area contributed by atoms with E-state index in [0.717, 1.165) is 6.07 Å². The molecule has 5 heteroatoms. The zero-order valence-electron chi connectivity index (χ0n) is 7.32. The number of hydrogen-bond acceptors (Lipinski definition) is 4. The molecule has 2 rings (SSSR count). The van der Waals surface area contributed by atoms with Gasteiger partial charge in [0.15, 0.2) is 11.3 Å². The highest BCUT2D eigenvalue weighted by molar-refractivity contribution is 5.79. The summed E-state index contributed by atoms with van der Waals surface area (Å²) in [6.45, 7) is 0. The first-order valence-corrected chi connectivity index (χ1v) is 3.99. The quantitative estimate of drug-likeness (QED) is 0.661. The fourth-order valence-electron chi connectivity index (χ4n) is 1.22. The van der Waals surface area contributed by atoms with Crippen LogP contribution in [0.5, 0.6) is 5.75 Å². The van der Waals surface area contributed by atoms with Crippen molar-refractivity contribution in [1.29, 1.82) is 5.26 Å². The molecule has 0 aliphatic rings. The van der Waals surface area contributed by atoms with Crippen molar-refractivity contribution in [3.8, 4) is 11.8 Å². The maximum absolute atomic E-state index is 13.2. The number of halogens is 1. The summed E-state index contributed by atoms with van der Waals surface area (Å²) < 4.78 is 17.8. The van der Waals surface area contributed by atoms with Crippen LogP contribution in [-0.4, -0.2) is 5.11 Å². The third kappa shape index (κ3) is 1.32. The van der Waals surface area contributed by atoms with Gasteiger partial charge in [0.05, 0.1) is 0 Å². The lowest BCUT2D eigenvalue weighted by Crippen LogP contribution is -2.03. The maximum Gasteiger partial charge on any atom is 0.354 e. The number of phenolic OH excluding ortho intramolecular Hbond substituents is 1. The molecule has 0 spiro atoms. The van der Waals surface area contributed by atoms with Crippen molar-refractivity contribution < 1.29 is 13.9 Å². The lowest BCUT2D eigenvalue weighted by atomic mass is 10.2. The molecule has 0 saturated heterocycles. The summed E-state index contributed by atoms with van der Waals surface area (Å²) in [7, 11) is 0. The average Bonchev–Trinajstić information content (AvgIpc) is 2.24. The molecule has 2 aromatic rings. The summed E-state index contributed by atoms with van der Waals surface area (Å²) in [5, 5.41) is 17.8. The largest absolute Gasteiger partial charge is 0.505 e. The molecule has 1 heterocycles. The SMILES string of the molecule is N#Cc1cc2ccc(O)c(F)c2oc1=O. The molecule has 1 N–H and O–H groups in total. The molecule has 0 aliphatic heterocycles. The Bertz CT molecular complexity index is 639. The van der Waals surface area contributed by atoms with E-state index in [-0.39, 0.29) is 16.5 Å². The zero-order valence-corrected chi connectivity index (χ0v) is 7.32. The van der Waals surface area contributed by atoms with Gasteiger partial charge in [-0.15, -0.1) is 0 Å². The highest BCUT2D eigenvalue weighted by atomic mass is 19.1. The number of aromatic hydroxyl groups is 1. The van der Waals surface area contributed by atoms with Gasteiger partial charge in [-0.1, -0.05) is 0 Å². The standard InChI is InChI=1S/C10H4FNO3/c11-8-7(13)2-1-5-3-6(4-12)10(14)15-9(5)8/h1-3,13H. The van der Waals surface area contributed by atoms with Crippen molar-refractivity contribution in [2.45, 2.75) is 0 Å². The second-order valence-corrected chi connectivity index (χ2v) is 2.88. The minimum absolute atomic E-state index is 0.201. The number of rotatable bonds is 0. The van der Waals surface area contributed by atoms with Gasteiger partial charge in [0.1, 0.15) is 11.6 Å². The number of nitriles is 1. The van der Waals surface area contributed by atoms with Crippen LogP contribution in [0.2, 0.25) is 0 Å². The van der Waals surface area contributed by atoms with Crippen molar-refractivity contribution >= 4 is 11.0 Å². The molecule has 0 radical (unpaired) electrons. The van der Waals surface area contributed by atoms with Gasteiger partial charge in [-0.25, -0.2) is 4.79 Å². The van der Waals surface area contributed by atoms with Gasteiger partial charge in [-0.05, 0) is 18.2 Å². The van der Waals surface area contributed by atoms with Crippen molar-refractivity contribution in [1.82, 2.24) is 0 Å². The first-order valence-electron chi connectivity index (χ1n) is 3.99. The average molecular weight is 205 g/mol. The first-order chi connectivity index (χ1) is 7.13. The van der Waals surface area contributed by atoms with E-state index >= 15 is 0 Å². The van der Waals surface area contributed by atoms with Crippen LogP contribution in [0.4, 0.5) is 4.39 Å². The number of fused-ring (bicyclic) bond motifs is 1. The Balaban J connectivity index is 2.95. The second kappa shape index (κ2) is 3.10. The van der Waals surface area contributed by atoms with Gasteiger partial charge in [-0.3, -0.25) is 0 Å². The Hall–Kier alpha value is -2.35. The van der Waals surface area contributed by atoms with Gasteiger partial charge < -0.3 is 9.52 Å². The Morgan fingerprint density at radius 3 is 2.87 bits per heavy atom. The van der Waals surface area contributed by atoms with Crippen LogP contribution < -0.4 is 5.63 Å². The topological polar surface area (TPSA) is 74.2 Å². The Labute approximate surface area is 82.8 Å². The minimum atomic E-state index is -1.01. The van der Waals surface area contributed by atoms with Crippen molar-refractivity contribution in [3.05, 3.63) is 40.0 Å². The van der Waals surface area contributed by atoms with E-state index in [1.807, 2.05) is 0 Å². The molecule has 0 unspecified atom stereocenters. The first kappa shape index (κ1) is 9.21. The van der Waals surface area contributed by atoms with E-state index in [1.54, 1.807) is 6.07 Å². The van der Waals surface area contributed by atoms with E-state index < -0.39 is 17.2 Å². The molecule has 4 nitrogen and oxygen atoms in total. The Kier molecular flexibility index (Phi) is 1.90. The predicted octanol–water partition coefficient (Wildman–Crippen LogP) is 1.51. The highest BCUT2D eigenvalue weighted by Crippen LogP contribution is 2.24. The normalized spacial score (nSPS) is 10.1. The fourth-order valence-corrected chi connectivity index (χ4v) is 1.22. The smallest absolute Gasteiger partial charge is 0.354 e. The molecule has 0 amide bonds. The van der Waals surface area contributed by atoms with Gasteiger partial charge in [-0.2, -0.15) is 9.65 Å². The number of nitrogens with zero attached hydrogens (tertiary/aromatic N) is 1. The molecular weight excluding hydrogens is 201 g/mol. The molecule has 74 valence electrons. The molecule has 0 bridgehead atoms. The number of benzene rings is 1. The lowest BCUT2D eigenvalue weighted by Gasteiger charge is -1.99. The van der Waals surface area contributed by atoms with Crippen LogP contribution in [0.15, 0.2) is 27.4 Å². The molecule has 0 fully saturated rings. The van der Waals surface area contributed by atoms with Crippen molar-refractivity contribution in [2.75, 3.05) is 0 Å². The Morgan fingerprint density at radius 1 is 1.47 bits per heavy atom. The van der Waals surface area contributed by atoms with E-state index in [2.05, 4.69) is 4.42 Å². The van der Waals surface area contributed by atoms with Crippen LogP contribution in [0.25, 0.3) is 11.0 Å². The molecule has 0 saturated carbocycles. The summed E-state index contributed by atoms with van der Waals surface area (Å²) in [5.41, 5.74) is -1.47. The fraction of sp³-hybridized carbons (Fsp3) is 0. The van der Waals surface area contributed by atoms with Crippen molar-refractivity contribution in [3.63, 3.8) is 0 Å². The summed E-state index contributed by atoms with van der Waals surface area (Å²) in [6.07, 6.45) is 0. The van der Waals surface area contributed by atoms with Gasteiger partial charge in [0.2, 0.25) is 5.82 Å². The van der Waals surface area contributed by atoms with Crippen LogP contribution in [0.1, 0.15) is 5.56 Å². The van der Waals surface area contributed by atoms with E-state index in [9.17, 15) is 9.18 Å². The summed E-state index contributed by atoms with van der Waals surface area (Å²) in [4.78, 5) is 11.1. The molecule has 15 heavy (non-hydrogen) atoms. The van der Waals surface area contributed by atoms with Crippen LogP contribution in [0, 0.1) is 17.1 Å². The van der Waals surface area contributed by atoms with Gasteiger partial charge >= 0.3 is 5.63 Å². The highest BCUT2D eigenvalue weighted by Gasteiger charge is 2.11. The van der Waals surface area contributed by atoms with Gasteiger partial charge in [0, 0.05) is 5.39 Å². The molecule has 0 atom stereocenters.